The van der Waals surface area contributed by atoms with E-state index in [1.54, 1.807) is 11.3 Å². The summed E-state index contributed by atoms with van der Waals surface area (Å²) >= 11 is 1.66. The van der Waals surface area contributed by atoms with Crippen molar-refractivity contribution in [1.82, 2.24) is 9.88 Å². The van der Waals surface area contributed by atoms with Crippen molar-refractivity contribution in [1.29, 1.82) is 0 Å². The van der Waals surface area contributed by atoms with Crippen LogP contribution in [0.5, 0.6) is 0 Å². The molecular formula is C14H20N2OS. The number of likely N-dealkylation sites (tertiary alicyclic amines) is 1. The summed E-state index contributed by atoms with van der Waals surface area (Å²) in [5, 5.41) is 2.12. The van der Waals surface area contributed by atoms with Crippen molar-refractivity contribution < 1.29 is 4.79 Å². The number of aromatic nitrogens is 1. The van der Waals surface area contributed by atoms with E-state index in [0.29, 0.717) is 17.7 Å². The van der Waals surface area contributed by atoms with E-state index in [2.05, 4.69) is 15.3 Å². The average Bonchev–Trinajstić information content (AvgIpc) is 3.02. The third-order valence-electron chi connectivity index (χ3n) is 4.33. The lowest BCUT2D eigenvalue weighted by molar-refractivity contribution is -0.126. The molecule has 2 aliphatic rings. The predicted octanol–water partition coefficient (Wildman–Crippen LogP) is 2.87. The molecule has 0 amide bonds. The van der Waals surface area contributed by atoms with Gasteiger partial charge in [0.2, 0.25) is 0 Å². The van der Waals surface area contributed by atoms with Gasteiger partial charge in [0.1, 0.15) is 5.78 Å². The minimum Gasteiger partial charge on any atom is -0.299 e. The summed E-state index contributed by atoms with van der Waals surface area (Å²) in [6.45, 7) is 2.06. The van der Waals surface area contributed by atoms with Gasteiger partial charge in [0, 0.05) is 30.3 Å². The van der Waals surface area contributed by atoms with Crippen LogP contribution in [0.3, 0.4) is 0 Å². The number of rotatable bonds is 3. The SMILES string of the molecule is O=C1CCCCC1C1CCCN1Cc1cscn1. The Kier molecular flexibility index (Phi) is 3.75. The maximum atomic E-state index is 12.1. The first-order valence-corrected chi connectivity index (χ1v) is 7.93. The van der Waals surface area contributed by atoms with Crippen LogP contribution in [0.25, 0.3) is 0 Å². The summed E-state index contributed by atoms with van der Waals surface area (Å²) in [4.78, 5) is 18.9. The second-order valence-electron chi connectivity index (χ2n) is 5.48. The molecule has 1 saturated carbocycles. The summed E-state index contributed by atoms with van der Waals surface area (Å²) in [6, 6.07) is 0.486. The standard InChI is InChI=1S/C14H20N2OS/c17-14-6-2-1-4-12(14)13-5-3-7-16(13)8-11-9-18-10-15-11/h9-10,12-13H,1-8H2. The normalized spacial score (nSPS) is 29.9. The van der Waals surface area contributed by atoms with Crippen molar-refractivity contribution in [2.24, 2.45) is 5.92 Å². The van der Waals surface area contributed by atoms with Gasteiger partial charge in [-0.3, -0.25) is 9.69 Å². The largest absolute Gasteiger partial charge is 0.299 e. The van der Waals surface area contributed by atoms with Gasteiger partial charge in [-0.05, 0) is 32.2 Å². The third-order valence-corrected chi connectivity index (χ3v) is 4.96. The fourth-order valence-electron chi connectivity index (χ4n) is 3.44. The highest BCUT2D eigenvalue weighted by molar-refractivity contribution is 7.07. The zero-order valence-corrected chi connectivity index (χ0v) is 11.5. The topological polar surface area (TPSA) is 33.2 Å². The average molecular weight is 264 g/mol. The zero-order valence-electron chi connectivity index (χ0n) is 10.7. The molecule has 2 atom stereocenters. The molecule has 3 rings (SSSR count). The van der Waals surface area contributed by atoms with Crippen molar-refractivity contribution in [2.75, 3.05) is 6.54 Å². The number of ketones is 1. The first-order chi connectivity index (χ1) is 8.84. The molecule has 3 nitrogen and oxygen atoms in total. The smallest absolute Gasteiger partial charge is 0.137 e. The van der Waals surface area contributed by atoms with Gasteiger partial charge < -0.3 is 0 Å². The number of hydrogen-bond donors (Lipinski definition) is 0. The molecule has 0 aromatic carbocycles. The lowest BCUT2D eigenvalue weighted by Gasteiger charge is -2.32. The van der Waals surface area contributed by atoms with E-state index in [-0.39, 0.29) is 0 Å². The van der Waals surface area contributed by atoms with E-state index in [0.717, 1.165) is 38.0 Å². The molecule has 0 spiro atoms. The van der Waals surface area contributed by atoms with E-state index >= 15 is 0 Å². The van der Waals surface area contributed by atoms with Crippen LogP contribution in [-0.4, -0.2) is 28.3 Å². The van der Waals surface area contributed by atoms with Crippen molar-refractivity contribution >= 4 is 17.1 Å². The molecule has 0 radical (unpaired) electrons. The second-order valence-corrected chi connectivity index (χ2v) is 6.20. The maximum absolute atomic E-state index is 12.1. The molecule has 2 fully saturated rings. The maximum Gasteiger partial charge on any atom is 0.137 e. The Morgan fingerprint density at radius 1 is 1.33 bits per heavy atom. The fraction of sp³-hybridized carbons (Fsp3) is 0.714. The van der Waals surface area contributed by atoms with E-state index in [9.17, 15) is 4.79 Å². The molecule has 1 aromatic heterocycles. The monoisotopic (exact) mass is 264 g/mol. The molecule has 0 N–H and O–H groups in total. The van der Waals surface area contributed by atoms with E-state index in [4.69, 9.17) is 0 Å². The van der Waals surface area contributed by atoms with Crippen LogP contribution in [0.4, 0.5) is 0 Å². The molecule has 18 heavy (non-hydrogen) atoms. The summed E-state index contributed by atoms with van der Waals surface area (Å²) in [5.74, 6) is 0.816. The zero-order chi connectivity index (χ0) is 12.4. The van der Waals surface area contributed by atoms with Crippen LogP contribution in [0.2, 0.25) is 0 Å². The van der Waals surface area contributed by atoms with E-state index < -0.39 is 0 Å². The van der Waals surface area contributed by atoms with Gasteiger partial charge in [0.05, 0.1) is 11.2 Å². The fourth-order valence-corrected chi connectivity index (χ4v) is 3.99. The number of thiazole rings is 1. The quantitative estimate of drug-likeness (QED) is 0.841. The van der Waals surface area contributed by atoms with Gasteiger partial charge >= 0.3 is 0 Å². The van der Waals surface area contributed by atoms with E-state index in [1.165, 1.54) is 19.3 Å². The van der Waals surface area contributed by atoms with Crippen molar-refractivity contribution in [2.45, 2.75) is 51.1 Å². The third kappa shape index (κ3) is 2.50. The van der Waals surface area contributed by atoms with Crippen LogP contribution in [0, 0.1) is 5.92 Å². The summed E-state index contributed by atoms with van der Waals surface area (Å²) in [7, 11) is 0. The summed E-state index contributed by atoms with van der Waals surface area (Å²) < 4.78 is 0. The molecule has 98 valence electrons. The Labute approximate surface area is 112 Å². The van der Waals surface area contributed by atoms with Gasteiger partial charge in [0.25, 0.3) is 0 Å². The molecule has 2 unspecified atom stereocenters. The first-order valence-electron chi connectivity index (χ1n) is 6.98. The van der Waals surface area contributed by atoms with Crippen molar-refractivity contribution in [3.8, 4) is 0 Å². The number of hydrogen-bond acceptors (Lipinski definition) is 4. The second kappa shape index (κ2) is 5.49. The van der Waals surface area contributed by atoms with Crippen LogP contribution in [0.1, 0.15) is 44.2 Å². The highest BCUT2D eigenvalue weighted by Gasteiger charge is 2.36. The first kappa shape index (κ1) is 12.3. The Balaban J connectivity index is 1.68. The van der Waals surface area contributed by atoms with Gasteiger partial charge in [0.15, 0.2) is 0 Å². The highest BCUT2D eigenvalue weighted by atomic mass is 32.1. The molecule has 4 heteroatoms. The van der Waals surface area contributed by atoms with Crippen LogP contribution < -0.4 is 0 Å². The molecule has 1 aliphatic carbocycles. The molecule has 2 heterocycles. The summed E-state index contributed by atoms with van der Waals surface area (Å²) in [5.41, 5.74) is 3.06. The Morgan fingerprint density at radius 3 is 3.06 bits per heavy atom. The minimum absolute atomic E-state index is 0.305. The molecular weight excluding hydrogens is 244 g/mol. The summed E-state index contributed by atoms with van der Waals surface area (Å²) in [6.07, 6.45) is 6.69. The Morgan fingerprint density at radius 2 is 2.28 bits per heavy atom. The Bertz CT molecular complexity index is 404. The molecule has 1 aliphatic heterocycles. The van der Waals surface area contributed by atoms with Crippen molar-refractivity contribution in [3.05, 3.63) is 16.6 Å². The highest BCUT2D eigenvalue weighted by Crippen LogP contribution is 2.33. The Hall–Kier alpha value is -0.740. The van der Waals surface area contributed by atoms with Gasteiger partial charge in [-0.15, -0.1) is 11.3 Å². The number of carbonyl (C=O) groups excluding carboxylic acids is 1. The van der Waals surface area contributed by atoms with Gasteiger partial charge in [-0.2, -0.15) is 0 Å². The van der Waals surface area contributed by atoms with E-state index in [1.807, 2.05) is 5.51 Å². The lowest BCUT2D eigenvalue weighted by Crippen LogP contribution is -2.40. The van der Waals surface area contributed by atoms with Crippen LogP contribution in [0.15, 0.2) is 10.9 Å². The van der Waals surface area contributed by atoms with Gasteiger partial charge in [-0.1, -0.05) is 6.42 Å². The van der Waals surface area contributed by atoms with Crippen LogP contribution >= 0.6 is 11.3 Å². The lowest BCUT2D eigenvalue weighted by atomic mass is 9.82. The number of carbonyl (C=O) groups is 1. The molecule has 1 saturated heterocycles. The number of nitrogens with zero attached hydrogens (tertiary/aromatic N) is 2. The van der Waals surface area contributed by atoms with Crippen molar-refractivity contribution in [3.63, 3.8) is 0 Å². The predicted molar refractivity (Wildman–Crippen MR) is 72.5 cm³/mol. The minimum atomic E-state index is 0.305. The number of Topliss-reactive ketones (excluding diaryl/α,β-unsaturated/α-hetero) is 1. The van der Waals surface area contributed by atoms with Gasteiger partial charge in [-0.25, -0.2) is 4.98 Å². The van der Waals surface area contributed by atoms with Crippen LogP contribution in [-0.2, 0) is 11.3 Å². The molecule has 1 aromatic rings. The molecule has 0 bridgehead atoms.